The van der Waals surface area contributed by atoms with Crippen LogP contribution in [0.25, 0.3) is 0 Å². The van der Waals surface area contributed by atoms with Gasteiger partial charge in [-0.05, 0) is 24.3 Å². The van der Waals surface area contributed by atoms with Crippen molar-refractivity contribution in [3.8, 4) is 0 Å². The highest BCUT2D eigenvalue weighted by Gasteiger charge is 2.52. The van der Waals surface area contributed by atoms with Crippen LogP contribution in [0.15, 0.2) is 60.7 Å². The molecule has 2 heterocycles. The van der Waals surface area contributed by atoms with Crippen molar-refractivity contribution >= 4 is 19.0 Å². The molecule has 0 spiro atoms. The molecular weight excluding hydrogens is 281 g/mol. The number of benzene rings is 2. The second-order valence-corrected chi connectivity index (χ2v) is 7.94. The fourth-order valence-electron chi connectivity index (χ4n) is 3.25. The predicted octanol–water partition coefficient (Wildman–Crippen LogP) is 3.44. The minimum absolute atomic E-state index is 0.824. The van der Waals surface area contributed by atoms with Crippen molar-refractivity contribution in [3.63, 3.8) is 0 Å². The van der Waals surface area contributed by atoms with Gasteiger partial charge in [0.2, 0.25) is 0 Å². The highest BCUT2D eigenvalue weighted by Crippen LogP contribution is 2.64. The molecule has 21 heavy (non-hydrogen) atoms. The van der Waals surface area contributed by atoms with E-state index in [1.165, 1.54) is 0 Å². The monoisotopic (exact) mass is 299 g/mol. The third kappa shape index (κ3) is 1.90. The quantitative estimate of drug-likeness (QED) is 0.794. The Balaban J connectivity index is 1.77. The van der Waals surface area contributed by atoms with Crippen LogP contribution < -0.4 is 9.34 Å². The molecule has 108 valence electrons. The Bertz CT molecular complexity index is 621. The first-order chi connectivity index (χ1) is 10.3. The van der Waals surface area contributed by atoms with Crippen molar-refractivity contribution in [1.29, 1.82) is 0 Å². The van der Waals surface area contributed by atoms with Gasteiger partial charge < -0.3 is 0 Å². The maximum Gasteiger partial charge on any atom is 0.335 e. The maximum absolute atomic E-state index is 13.8. The van der Waals surface area contributed by atoms with E-state index >= 15 is 0 Å². The highest BCUT2D eigenvalue weighted by molar-refractivity contribution is 7.65. The van der Waals surface area contributed by atoms with E-state index in [4.69, 9.17) is 0 Å². The first-order valence-electron chi connectivity index (χ1n) is 7.32. The van der Waals surface area contributed by atoms with Crippen LogP contribution in [0.4, 0.5) is 11.4 Å². The maximum atomic E-state index is 13.8. The van der Waals surface area contributed by atoms with Crippen LogP contribution in [0.1, 0.15) is 0 Å². The summed E-state index contributed by atoms with van der Waals surface area (Å²) in [4.78, 5) is 0. The summed E-state index contributed by atoms with van der Waals surface area (Å²) < 4.78 is 20.1. The number of rotatable bonds is 2. The van der Waals surface area contributed by atoms with Crippen LogP contribution in [0.3, 0.4) is 0 Å². The summed E-state index contributed by atoms with van der Waals surface area (Å²) in [5.74, 6) is 0. The van der Waals surface area contributed by atoms with Crippen molar-refractivity contribution in [2.75, 3.05) is 35.5 Å². The number of fused-ring (bicyclic) bond motifs is 1. The van der Waals surface area contributed by atoms with Crippen molar-refractivity contribution in [1.82, 2.24) is 4.67 Å². The largest absolute Gasteiger partial charge is 0.335 e. The highest BCUT2D eigenvalue weighted by atomic mass is 31.2. The Hall–Kier alpha value is -1.77. The summed E-state index contributed by atoms with van der Waals surface area (Å²) >= 11 is 0. The first kappa shape index (κ1) is 12.9. The van der Waals surface area contributed by atoms with Gasteiger partial charge in [0.25, 0.3) is 0 Å². The summed E-state index contributed by atoms with van der Waals surface area (Å²) in [7, 11) is -2.69. The van der Waals surface area contributed by atoms with Gasteiger partial charge in [0, 0.05) is 37.6 Å². The molecule has 5 heteroatoms. The molecule has 2 aliphatic heterocycles. The molecule has 4 nitrogen and oxygen atoms in total. The van der Waals surface area contributed by atoms with Gasteiger partial charge in [-0.25, -0.2) is 4.67 Å². The molecule has 0 saturated carbocycles. The Kier molecular flexibility index (Phi) is 3.02. The topological polar surface area (TPSA) is 26.8 Å². The molecule has 2 aromatic carbocycles. The van der Waals surface area contributed by atoms with Gasteiger partial charge in [-0.1, -0.05) is 36.4 Å². The van der Waals surface area contributed by atoms with Crippen LogP contribution in [-0.2, 0) is 4.57 Å². The van der Waals surface area contributed by atoms with Gasteiger partial charge in [0.1, 0.15) is 0 Å². The van der Waals surface area contributed by atoms with Gasteiger partial charge >= 0.3 is 7.59 Å². The average molecular weight is 299 g/mol. The number of anilines is 2. The lowest BCUT2D eigenvalue weighted by molar-refractivity contribution is 0.488. The van der Waals surface area contributed by atoms with Gasteiger partial charge in [-0.15, -0.1) is 0 Å². The Morgan fingerprint density at radius 2 is 1.10 bits per heavy atom. The van der Waals surface area contributed by atoms with Crippen LogP contribution in [0, 0.1) is 0 Å². The molecule has 0 aromatic heterocycles. The van der Waals surface area contributed by atoms with Gasteiger partial charge in [-0.3, -0.25) is 13.9 Å². The minimum atomic E-state index is -2.69. The van der Waals surface area contributed by atoms with Crippen molar-refractivity contribution in [3.05, 3.63) is 60.7 Å². The molecule has 4 rings (SSSR count). The number of hydrogen-bond donors (Lipinski definition) is 0. The summed E-state index contributed by atoms with van der Waals surface area (Å²) in [5.41, 5.74) is 2.09. The van der Waals surface area contributed by atoms with E-state index in [-0.39, 0.29) is 0 Å². The zero-order valence-corrected chi connectivity index (χ0v) is 12.7. The molecule has 0 aliphatic carbocycles. The van der Waals surface area contributed by atoms with E-state index in [0.29, 0.717) is 0 Å². The van der Waals surface area contributed by atoms with Crippen molar-refractivity contribution in [2.24, 2.45) is 0 Å². The van der Waals surface area contributed by atoms with Crippen LogP contribution in [-0.4, -0.2) is 30.8 Å². The van der Waals surface area contributed by atoms with E-state index < -0.39 is 7.59 Å². The van der Waals surface area contributed by atoms with Gasteiger partial charge in [-0.2, -0.15) is 0 Å². The smallest absolute Gasteiger partial charge is 0.293 e. The minimum Gasteiger partial charge on any atom is -0.293 e. The third-order valence-electron chi connectivity index (χ3n) is 4.25. The molecule has 2 saturated heterocycles. The Morgan fingerprint density at radius 3 is 1.52 bits per heavy atom. The van der Waals surface area contributed by atoms with Crippen LogP contribution in [0.2, 0.25) is 0 Å². The molecule has 2 fully saturated rings. The molecule has 2 aromatic rings. The second-order valence-electron chi connectivity index (χ2n) is 5.38. The summed E-state index contributed by atoms with van der Waals surface area (Å²) in [6.45, 7) is 3.39. The fraction of sp³-hybridized carbons (Fsp3) is 0.250. The molecule has 0 radical (unpaired) electrons. The van der Waals surface area contributed by atoms with E-state index in [9.17, 15) is 4.57 Å². The second kappa shape index (κ2) is 4.90. The van der Waals surface area contributed by atoms with Crippen LogP contribution in [0.5, 0.6) is 0 Å². The lowest BCUT2D eigenvalue weighted by atomic mass is 10.3. The van der Waals surface area contributed by atoms with E-state index in [2.05, 4.69) is 14.0 Å². The van der Waals surface area contributed by atoms with Crippen LogP contribution >= 0.6 is 7.59 Å². The number of hydrogen-bond acceptors (Lipinski definition) is 1. The van der Waals surface area contributed by atoms with E-state index in [1.54, 1.807) is 0 Å². The number of para-hydroxylation sites is 2. The van der Waals surface area contributed by atoms with Gasteiger partial charge in [0.05, 0.1) is 0 Å². The zero-order chi connectivity index (χ0) is 14.3. The SMILES string of the molecule is O=P12N(CCN1c1ccccc1)CCN2c1ccccc1. The molecule has 0 amide bonds. The molecule has 0 atom stereocenters. The standard InChI is InChI=1S/C16H18N3OP/c20-21-17(11-13-18(21)15-7-3-1-4-8-15)12-14-19(21)16-9-5-2-6-10-16/h1-10H,11-14H2. The van der Waals surface area contributed by atoms with Gasteiger partial charge in [0.15, 0.2) is 0 Å². The number of nitrogens with zero attached hydrogens (tertiary/aromatic N) is 3. The normalized spacial score (nSPS) is 20.8. The fourth-order valence-corrected chi connectivity index (χ4v) is 6.39. The summed E-state index contributed by atoms with van der Waals surface area (Å²) in [5, 5.41) is 0. The first-order valence-corrected chi connectivity index (χ1v) is 8.88. The molecule has 0 N–H and O–H groups in total. The summed E-state index contributed by atoms with van der Waals surface area (Å²) in [6.07, 6.45) is 0. The molecular formula is C16H18N3OP. The molecule has 2 aliphatic rings. The summed E-state index contributed by atoms with van der Waals surface area (Å²) in [6, 6.07) is 20.2. The van der Waals surface area contributed by atoms with E-state index in [1.807, 2.05) is 60.7 Å². The van der Waals surface area contributed by atoms with Crippen molar-refractivity contribution < 1.29 is 4.57 Å². The van der Waals surface area contributed by atoms with Crippen molar-refractivity contribution in [2.45, 2.75) is 0 Å². The predicted molar refractivity (Wildman–Crippen MR) is 86.8 cm³/mol. The average Bonchev–Trinajstić information content (AvgIpc) is 3.03. The lowest BCUT2D eigenvalue weighted by Gasteiger charge is -2.33. The third-order valence-corrected chi connectivity index (χ3v) is 7.50. The Labute approximate surface area is 125 Å². The Morgan fingerprint density at radius 1 is 0.667 bits per heavy atom. The lowest BCUT2D eigenvalue weighted by Crippen LogP contribution is -2.26. The molecule has 0 bridgehead atoms. The van der Waals surface area contributed by atoms with E-state index in [0.717, 1.165) is 37.6 Å². The molecule has 0 unspecified atom stereocenters. The zero-order valence-electron chi connectivity index (χ0n) is 11.8.